The Morgan fingerprint density at radius 2 is 1.78 bits per heavy atom. The van der Waals surface area contributed by atoms with E-state index in [1.165, 1.54) is 24.1 Å². The van der Waals surface area contributed by atoms with Crippen molar-refractivity contribution in [3.05, 3.63) is 65.0 Å². The van der Waals surface area contributed by atoms with Crippen LogP contribution in [0.1, 0.15) is 34.8 Å². The number of ketones is 1. The van der Waals surface area contributed by atoms with E-state index in [1.54, 1.807) is 12.1 Å². The quantitative estimate of drug-likeness (QED) is 0.757. The first-order valence-electron chi connectivity index (χ1n) is 9.33. The van der Waals surface area contributed by atoms with Crippen LogP contribution < -0.4 is 4.90 Å². The summed E-state index contributed by atoms with van der Waals surface area (Å²) < 4.78 is 14.3. The number of Topliss-reactive ketones (excluding diaryl/α,β-unsaturated/α-hetero) is 1. The van der Waals surface area contributed by atoms with Crippen LogP contribution in [0.25, 0.3) is 0 Å². The number of piperazine rings is 1. The molecular weight excluding hydrogens is 343 g/mol. The van der Waals surface area contributed by atoms with E-state index in [9.17, 15) is 14.0 Å². The predicted molar refractivity (Wildman–Crippen MR) is 105 cm³/mol. The predicted octanol–water partition coefficient (Wildman–Crippen LogP) is 3.62. The third-order valence-corrected chi connectivity index (χ3v) is 5.04. The molecule has 1 fully saturated rings. The molecule has 2 aromatic carbocycles. The summed E-state index contributed by atoms with van der Waals surface area (Å²) in [6, 6.07) is 12.8. The lowest BCUT2D eigenvalue weighted by atomic mass is 10.1. The fraction of sp³-hybridized carbons (Fsp3) is 0.364. The molecule has 0 saturated carbocycles. The van der Waals surface area contributed by atoms with Gasteiger partial charge >= 0.3 is 0 Å². The Morgan fingerprint density at radius 3 is 2.41 bits per heavy atom. The lowest BCUT2D eigenvalue weighted by molar-refractivity contribution is -0.131. The third-order valence-electron chi connectivity index (χ3n) is 5.04. The molecule has 0 N–H and O–H groups in total. The zero-order valence-corrected chi connectivity index (χ0v) is 15.9. The standard InChI is InChI=1S/C22H25FN2O2/c1-16-4-3-5-18(14-16)6-9-22(27)25-12-10-24(11-13-25)21-8-7-19(17(2)26)15-20(21)23/h3-5,7-8,14-15H,6,9-13H2,1-2H3. The van der Waals surface area contributed by atoms with Gasteiger partial charge in [0.2, 0.25) is 5.91 Å². The number of anilines is 1. The number of benzene rings is 2. The first kappa shape index (κ1) is 19.1. The highest BCUT2D eigenvalue weighted by Gasteiger charge is 2.23. The highest BCUT2D eigenvalue weighted by atomic mass is 19.1. The summed E-state index contributed by atoms with van der Waals surface area (Å²) in [6.45, 7) is 5.82. The Morgan fingerprint density at radius 1 is 1.04 bits per heavy atom. The summed E-state index contributed by atoms with van der Waals surface area (Å²) in [7, 11) is 0. The van der Waals surface area contributed by atoms with Gasteiger partial charge < -0.3 is 9.80 Å². The molecule has 142 valence electrons. The number of halogens is 1. The minimum absolute atomic E-state index is 0.142. The van der Waals surface area contributed by atoms with Crippen LogP contribution in [0, 0.1) is 12.7 Å². The van der Waals surface area contributed by atoms with E-state index in [4.69, 9.17) is 0 Å². The molecule has 0 spiro atoms. The first-order chi connectivity index (χ1) is 12.9. The van der Waals surface area contributed by atoms with Crippen LogP contribution in [-0.2, 0) is 11.2 Å². The zero-order chi connectivity index (χ0) is 19.4. The van der Waals surface area contributed by atoms with Gasteiger partial charge in [-0.2, -0.15) is 0 Å². The Hall–Kier alpha value is -2.69. The van der Waals surface area contributed by atoms with Crippen LogP contribution in [-0.4, -0.2) is 42.8 Å². The number of aryl methyl sites for hydroxylation is 2. The lowest BCUT2D eigenvalue weighted by Gasteiger charge is -2.36. The molecule has 1 heterocycles. The number of rotatable bonds is 5. The Labute approximate surface area is 159 Å². The van der Waals surface area contributed by atoms with Crippen molar-refractivity contribution in [1.82, 2.24) is 4.90 Å². The molecule has 0 radical (unpaired) electrons. The molecular formula is C22H25FN2O2. The largest absolute Gasteiger partial charge is 0.366 e. The minimum atomic E-state index is -0.387. The lowest BCUT2D eigenvalue weighted by Crippen LogP contribution is -2.49. The summed E-state index contributed by atoms with van der Waals surface area (Å²) in [6.07, 6.45) is 1.23. The molecule has 0 unspecified atom stereocenters. The Bertz CT molecular complexity index is 842. The average Bonchev–Trinajstić information content (AvgIpc) is 2.66. The van der Waals surface area contributed by atoms with E-state index < -0.39 is 0 Å². The number of amides is 1. The normalized spacial score (nSPS) is 14.3. The van der Waals surface area contributed by atoms with Crippen molar-refractivity contribution in [2.75, 3.05) is 31.1 Å². The van der Waals surface area contributed by atoms with E-state index in [2.05, 4.69) is 6.07 Å². The number of carbonyl (C=O) groups is 2. The van der Waals surface area contributed by atoms with Gasteiger partial charge in [-0.25, -0.2) is 4.39 Å². The molecule has 0 aromatic heterocycles. The second kappa shape index (κ2) is 8.33. The number of carbonyl (C=O) groups excluding carboxylic acids is 2. The first-order valence-corrected chi connectivity index (χ1v) is 9.33. The minimum Gasteiger partial charge on any atom is -0.366 e. The molecule has 0 aliphatic carbocycles. The van der Waals surface area contributed by atoms with Crippen LogP contribution in [0.3, 0.4) is 0 Å². The van der Waals surface area contributed by atoms with Crippen LogP contribution >= 0.6 is 0 Å². The van der Waals surface area contributed by atoms with Gasteiger partial charge in [-0.05, 0) is 44.0 Å². The zero-order valence-electron chi connectivity index (χ0n) is 15.9. The van der Waals surface area contributed by atoms with Crippen LogP contribution in [0.5, 0.6) is 0 Å². The summed E-state index contributed by atoms with van der Waals surface area (Å²) >= 11 is 0. The van der Waals surface area contributed by atoms with Crippen LogP contribution in [0.4, 0.5) is 10.1 Å². The highest BCUT2D eigenvalue weighted by Crippen LogP contribution is 2.22. The van der Waals surface area contributed by atoms with E-state index in [0.717, 1.165) is 6.42 Å². The van der Waals surface area contributed by atoms with Gasteiger partial charge in [-0.15, -0.1) is 0 Å². The topological polar surface area (TPSA) is 40.6 Å². The molecule has 5 heteroatoms. The summed E-state index contributed by atoms with van der Waals surface area (Å²) in [5.74, 6) is -0.394. The number of hydrogen-bond donors (Lipinski definition) is 0. The maximum atomic E-state index is 14.3. The van der Waals surface area contributed by atoms with Crippen molar-refractivity contribution >= 4 is 17.4 Å². The smallest absolute Gasteiger partial charge is 0.223 e. The van der Waals surface area contributed by atoms with E-state index in [0.29, 0.717) is 43.9 Å². The van der Waals surface area contributed by atoms with E-state index in [1.807, 2.05) is 34.9 Å². The average molecular weight is 368 g/mol. The van der Waals surface area contributed by atoms with E-state index in [-0.39, 0.29) is 17.5 Å². The molecule has 2 aromatic rings. The molecule has 1 aliphatic rings. The van der Waals surface area contributed by atoms with Crippen molar-refractivity contribution in [1.29, 1.82) is 0 Å². The fourth-order valence-corrected chi connectivity index (χ4v) is 3.46. The highest BCUT2D eigenvalue weighted by molar-refractivity contribution is 5.94. The SMILES string of the molecule is CC(=O)c1ccc(N2CCN(C(=O)CCc3cccc(C)c3)CC2)c(F)c1. The van der Waals surface area contributed by atoms with Gasteiger partial charge in [-0.3, -0.25) is 9.59 Å². The van der Waals surface area contributed by atoms with Gasteiger partial charge in [0.05, 0.1) is 5.69 Å². The Balaban J connectivity index is 1.54. The molecule has 4 nitrogen and oxygen atoms in total. The Kier molecular flexibility index (Phi) is 5.89. The number of nitrogens with zero attached hydrogens (tertiary/aromatic N) is 2. The van der Waals surface area contributed by atoms with Gasteiger partial charge in [-0.1, -0.05) is 29.8 Å². The number of hydrogen-bond acceptors (Lipinski definition) is 3. The molecule has 3 rings (SSSR count). The van der Waals surface area contributed by atoms with Crippen molar-refractivity contribution in [3.8, 4) is 0 Å². The van der Waals surface area contributed by atoms with Gasteiger partial charge in [0, 0.05) is 38.2 Å². The molecule has 27 heavy (non-hydrogen) atoms. The van der Waals surface area contributed by atoms with Gasteiger partial charge in [0.15, 0.2) is 5.78 Å². The molecule has 1 saturated heterocycles. The molecule has 0 bridgehead atoms. The van der Waals surface area contributed by atoms with Crippen molar-refractivity contribution in [2.24, 2.45) is 0 Å². The van der Waals surface area contributed by atoms with Gasteiger partial charge in [0.1, 0.15) is 5.82 Å². The maximum absolute atomic E-state index is 14.3. The summed E-state index contributed by atoms with van der Waals surface area (Å²) in [5.41, 5.74) is 3.24. The second-order valence-electron chi connectivity index (χ2n) is 7.08. The fourth-order valence-electron chi connectivity index (χ4n) is 3.46. The molecule has 0 atom stereocenters. The second-order valence-corrected chi connectivity index (χ2v) is 7.08. The van der Waals surface area contributed by atoms with E-state index >= 15 is 0 Å². The monoisotopic (exact) mass is 368 g/mol. The third kappa shape index (κ3) is 4.73. The van der Waals surface area contributed by atoms with Crippen LogP contribution in [0.15, 0.2) is 42.5 Å². The molecule has 1 aliphatic heterocycles. The van der Waals surface area contributed by atoms with Crippen molar-refractivity contribution < 1.29 is 14.0 Å². The van der Waals surface area contributed by atoms with Gasteiger partial charge in [0.25, 0.3) is 0 Å². The van der Waals surface area contributed by atoms with Crippen molar-refractivity contribution in [2.45, 2.75) is 26.7 Å². The van der Waals surface area contributed by atoms with Crippen molar-refractivity contribution in [3.63, 3.8) is 0 Å². The van der Waals surface area contributed by atoms with Crippen LogP contribution in [0.2, 0.25) is 0 Å². The summed E-state index contributed by atoms with van der Waals surface area (Å²) in [5, 5.41) is 0. The summed E-state index contributed by atoms with van der Waals surface area (Å²) in [4.78, 5) is 27.6. The molecule has 1 amide bonds. The maximum Gasteiger partial charge on any atom is 0.223 e.